The summed E-state index contributed by atoms with van der Waals surface area (Å²) >= 11 is 0. The summed E-state index contributed by atoms with van der Waals surface area (Å²) < 4.78 is 7.08. The van der Waals surface area contributed by atoms with Gasteiger partial charge in [0, 0.05) is 40.7 Å². The number of hydrogen-bond donors (Lipinski definition) is 2. The van der Waals surface area contributed by atoms with E-state index in [4.69, 9.17) is 4.74 Å². The van der Waals surface area contributed by atoms with E-state index in [1.54, 1.807) is 14.2 Å². The third-order valence-electron chi connectivity index (χ3n) is 4.43. The zero-order valence-corrected chi connectivity index (χ0v) is 16.4. The Bertz CT molecular complexity index is 785. The highest BCUT2D eigenvalue weighted by Crippen LogP contribution is 2.13. The van der Waals surface area contributed by atoms with E-state index in [-0.39, 0.29) is 6.04 Å². The average molecular weight is 372 g/mol. The average Bonchev–Trinajstić information content (AvgIpc) is 3.07. The zero-order chi connectivity index (χ0) is 19.2. The fraction of sp³-hybridized carbons (Fsp3) is 0.556. The van der Waals surface area contributed by atoms with Gasteiger partial charge in [0.1, 0.15) is 18.2 Å². The molecule has 9 heteroatoms. The van der Waals surface area contributed by atoms with Crippen LogP contribution in [0, 0.1) is 0 Å². The number of anilines is 1. The van der Waals surface area contributed by atoms with E-state index >= 15 is 0 Å². The molecule has 0 radical (unpaired) electrons. The smallest absolute Gasteiger partial charge is 0.191 e. The topological polar surface area (TPSA) is 92.5 Å². The first-order valence-electron chi connectivity index (χ1n) is 9.11. The van der Waals surface area contributed by atoms with Gasteiger partial charge in [-0.1, -0.05) is 6.07 Å². The largest absolute Gasteiger partial charge is 0.377 e. The summed E-state index contributed by atoms with van der Waals surface area (Å²) in [5.41, 5.74) is 0.968. The summed E-state index contributed by atoms with van der Waals surface area (Å²) in [7, 11) is 7.40. The normalized spacial score (nSPS) is 16.7. The van der Waals surface area contributed by atoms with Crippen LogP contribution in [0.25, 0.3) is 0 Å². The molecule has 2 N–H and O–H groups in total. The first-order valence-corrected chi connectivity index (χ1v) is 9.11. The number of hydrogen-bond acceptors (Lipinski definition) is 6. The number of fused-ring (bicyclic) bond motifs is 1. The molecule has 2 aromatic rings. The molecule has 0 amide bonds. The number of rotatable bonds is 6. The lowest BCUT2D eigenvalue weighted by Gasteiger charge is -2.25. The molecule has 0 fully saturated rings. The molecule has 3 rings (SSSR count). The van der Waals surface area contributed by atoms with E-state index in [1.165, 1.54) is 0 Å². The number of pyridine rings is 1. The van der Waals surface area contributed by atoms with Crippen LogP contribution in [0.15, 0.2) is 23.2 Å². The van der Waals surface area contributed by atoms with E-state index < -0.39 is 0 Å². The van der Waals surface area contributed by atoms with Crippen LogP contribution in [-0.4, -0.2) is 60.0 Å². The minimum Gasteiger partial charge on any atom is -0.377 e. The van der Waals surface area contributed by atoms with Crippen LogP contribution < -0.4 is 15.5 Å². The summed E-state index contributed by atoms with van der Waals surface area (Å²) in [5.74, 6) is 3.46. The number of aryl methyl sites for hydroxylation is 1. The Morgan fingerprint density at radius 2 is 2.22 bits per heavy atom. The van der Waals surface area contributed by atoms with Crippen molar-refractivity contribution in [2.24, 2.45) is 4.99 Å². The van der Waals surface area contributed by atoms with Crippen LogP contribution in [0.5, 0.6) is 0 Å². The van der Waals surface area contributed by atoms with Crippen LogP contribution >= 0.6 is 0 Å². The SMILES string of the molecule is CN=C(NCc1cccc(N(C)C)n1)NC1CCc2nc(COC)nn2C1. The van der Waals surface area contributed by atoms with Crippen LogP contribution in [0.4, 0.5) is 5.82 Å². The van der Waals surface area contributed by atoms with Crippen molar-refractivity contribution in [3.05, 3.63) is 35.5 Å². The Balaban J connectivity index is 1.55. The molecular formula is C18H28N8O. The Labute approximate surface area is 159 Å². The van der Waals surface area contributed by atoms with Crippen molar-refractivity contribution < 1.29 is 4.74 Å². The van der Waals surface area contributed by atoms with Crippen LogP contribution in [0.3, 0.4) is 0 Å². The van der Waals surface area contributed by atoms with Gasteiger partial charge in [0.25, 0.3) is 0 Å². The third kappa shape index (κ3) is 4.94. The standard InChI is InChI=1S/C18H28N8O/c1-19-18(20-10-13-6-5-7-16(21-13)25(2)3)22-14-8-9-17-23-15(12-27-4)24-26(17)11-14/h5-7,14H,8-12H2,1-4H3,(H2,19,20,22). The Hall–Kier alpha value is -2.68. The van der Waals surface area contributed by atoms with Gasteiger partial charge in [-0.2, -0.15) is 5.10 Å². The number of nitrogens with zero attached hydrogens (tertiary/aromatic N) is 6. The van der Waals surface area contributed by atoms with Crippen molar-refractivity contribution >= 4 is 11.8 Å². The Kier molecular flexibility index (Phi) is 6.23. The van der Waals surface area contributed by atoms with Gasteiger partial charge in [0.05, 0.1) is 18.8 Å². The number of aliphatic imine (C=N–C) groups is 1. The van der Waals surface area contributed by atoms with Gasteiger partial charge in [0.2, 0.25) is 0 Å². The molecule has 1 aliphatic rings. The Morgan fingerprint density at radius 3 is 2.96 bits per heavy atom. The van der Waals surface area contributed by atoms with Gasteiger partial charge in [-0.3, -0.25) is 4.99 Å². The highest BCUT2D eigenvalue weighted by Gasteiger charge is 2.22. The van der Waals surface area contributed by atoms with E-state index in [2.05, 4.69) is 30.7 Å². The number of guanidine groups is 1. The number of methoxy groups -OCH3 is 1. The molecule has 3 heterocycles. The summed E-state index contributed by atoms with van der Waals surface area (Å²) in [6.45, 7) is 1.82. The second-order valence-electron chi connectivity index (χ2n) is 6.75. The highest BCUT2D eigenvalue weighted by atomic mass is 16.5. The lowest BCUT2D eigenvalue weighted by molar-refractivity contribution is 0.177. The Morgan fingerprint density at radius 1 is 1.37 bits per heavy atom. The molecule has 0 bridgehead atoms. The van der Waals surface area contributed by atoms with Crippen LogP contribution in [-0.2, 0) is 30.9 Å². The van der Waals surface area contributed by atoms with Gasteiger partial charge in [-0.25, -0.2) is 14.6 Å². The zero-order valence-electron chi connectivity index (χ0n) is 16.4. The first kappa shape index (κ1) is 19.1. The predicted octanol–water partition coefficient (Wildman–Crippen LogP) is 0.566. The lowest BCUT2D eigenvalue weighted by Crippen LogP contribution is -2.46. The summed E-state index contributed by atoms with van der Waals surface area (Å²) in [4.78, 5) is 15.5. The quantitative estimate of drug-likeness (QED) is 0.565. The van der Waals surface area contributed by atoms with E-state index in [9.17, 15) is 0 Å². The summed E-state index contributed by atoms with van der Waals surface area (Å²) in [6.07, 6.45) is 1.87. The third-order valence-corrected chi connectivity index (χ3v) is 4.43. The molecule has 0 saturated heterocycles. The van der Waals surface area contributed by atoms with Crippen molar-refractivity contribution in [3.8, 4) is 0 Å². The van der Waals surface area contributed by atoms with Crippen molar-refractivity contribution in [1.29, 1.82) is 0 Å². The molecule has 9 nitrogen and oxygen atoms in total. The molecule has 1 unspecified atom stereocenters. The van der Waals surface area contributed by atoms with E-state index in [1.807, 2.05) is 41.9 Å². The van der Waals surface area contributed by atoms with Gasteiger partial charge >= 0.3 is 0 Å². The van der Waals surface area contributed by atoms with Gasteiger partial charge in [-0.15, -0.1) is 0 Å². The monoisotopic (exact) mass is 372 g/mol. The van der Waals surface area contributed by atoms with Crippen molar-refractivity contribution in [2.45, 2.75) is 38.6 Å². The molecule has 1 aliphatic heterocycles. The lowest BCUT2D eigenvalue weighted by atomic mass is 10.1. The van der Waals surface area contributed by atoms with E-state index in [0.29, 0.717) is 13.2 Å². The van der Waals surface area contributed by atoms with Gasteiger partial charge in [0.15, 0.2) is 11.8 Å². The fourth-order valence-electron chi connectivity index (χ4n) is 3.05. The number of nitrogens with one attached hydrogen (secondary N) is 2. The van der Waals surface area contributed by atoms with Crippen LogP contribution in [0.2, 0.25) is 0 Å². The molecule has 27 heavy (non-hydrogen) atoms. The maximum Gasteiger partial charge on any atom is 0.191 e. The minimum atomic E-state index is 0.252. The minimum absolute atomic E-state index is 0.252. The molecule has 1 atom stereocenters. The predicted molar refractivity (Wildman–Crippen MR) is 105 cm³/mol. The molecule has 0 aromatic carbocycles. The van der Waals surface area contributed by atoms with Gasteiger partial charge in [-0.05, 0) is 18.6 Å². The maximum absolute atomic E-state index is 5.12. The van der Waals surface area contributed by atoms with E-state index in [0.717, 1.165) is 48.5 Å². The first-order chi connectivity index (χ1) is 13.1. The maximum atomic E-state index is 5.12. The fourth-order valence-corrected chi connectivity index (χ4v) is 3.05. The van der Waals surface area contributed by atoms with Gasteiger partial charge < -0.3 is 20.3 Å². The second-order valence-corrected chi connectivity index (χ2v) is 6.75. The van der Waals surface area contributed by atoms with Crippen molar-refractivity contribution in [2.75, 3.05) is 33.2 Å². The molecule has 146 valence electrons. The summed E-state index contributed by atoms with van der Waals surface area (Å²) in [6, 6.07) is 6.27. The molecular weight excluding hydrogens is 344 g/mol. The summed E-state index contributed by atoms with van der Waals surface area (Å²) in [5, 5.41) is 11.3. The van der Waals surface area contributed by atoms with Crippen molar-refractivity contribution in [1.82, 2.24) is 30.4 Å². The van der Waals surface area contributed by atoms with Crippen molar-refractivity contribution in [3.63, 3.8) is 0 Å². The highest BCUT2D eigenvalue weighted by molar-refractivity contribution is 5.79. The number of ether oxygens (including phenoxy) is 1. The second kappa shape index (κ2) is 8.81. The molecule has 0 spiro atoms. The molecule has 0 saturated carbocycles. The molecule has 0 aliphatic carbocycles. The molecule has 2 aromatic heterocycles. The van der Waals surface area contributed by atoms with Crippen LogP contribution in [0.1, 0.15) is 23.8 Å². The number of aromatic nitrogens is 4.